The zero-order chi connectivity index (χ0) is 15.8. The standard InChI is InChI=1S/C16H25N3O2/c1-5-19(6-2)16(21)11-17-12(3)14-8-7-9-15(10-14)18-13(4)20/h7-10,12,17H,5-6,11H2,1-4H3,(H,18,20). The summed E-state index contributed by atoms with van der Waals surface area (Å²) in [5, 5.41) is 5.98. The maximum Gasteiger partial charge on any atom is 0.236 e. The van der Waals surface area contributed by atoms with E-state index in [1.165, 1.54) is 6.92 Å². The number of carbonyl (C=O) groups excluding carboxylic acids is 2. The van der Waals surface area contributed by atoms with Gasteiger partial charge in [-0.25, -0.2) is 0 Å². The quantitative estimate of drug-likeness (QED) is 0.809. The average molecular weight is 291 g/mol. The zero-order valence-corrected chi connectivity index (χ0v) is 13.3. The van der Waals surface area contributed by atoms with Gasteiger partial charge in [0.1, 0.15) is 0 Å². The van der Waals surface area contributed by atoms with Crippen molar-refractivity contribution in [3.05, 3.63) is 29.8 Å². The third-order valence-electron chi connectivity index (χ3n) is 3.38. The zero-order valence-electron chi connectivity index (χ0n) is 13.3. The van der Waals surface area contributed by atoms with Crippen molar-refractivity contribution in [1.29, 1.82) is 0 Å². The monoisotopic (exact) mass is 291 g/mol. The highest BCUT2D eigenvalue weighted by molar-refractivity contribution is 5.88. The van der Waals surface area contributed by atoms with Crippen LogP contribution in [0.5, 0.6) is 0 Å². The minimum atomic E-state index is -0.0931. The summed E-state index contributed by atoms with van der Waals surface area (Å²) in [6.45, 7) is 9.20. The van der Waals surface area contributed by atoms with E-state index in [-0.39, 0.29) is 17.9 Å². The van der Waals surface area contributed by atoms with E-state index in [2.05, 4.69) is 10.6 Å². The summed E-state index contributed by atoms with van der Waals surface area (Å²) in [5.74, 6) is 0.00865. The van der Waals surface area contributed by atoms with Gasteiger partial charge < -0.3 is 15.5 Å². The van der Waals surface area contributed by atoms with Crippen LogP contribution in [0.25, 0.3) is 0 Å². The molecule has 0 bridgehead atoms. The second-order valence-electron chi connectivity index (χ2n) is 4.98. The summed E-state index contributed by atoms with van der Waals surface area (Å²) >= 11 is 0. The molecule has 0 radical (unpaired) electrons. The number of rotatable bonds is 7. The number of likely N-dealkylation sites (N-methyl/N-ethyl adjacent to an activating group) is 1. The first kappa shape index (κ1) is 17.2. The Morgan fingerprint density at radius 2 is 1.90 bits per heavy atom. The van der Waals surface area contributed by atoms with Gasteiger partial charge in [-0.1, -0.05) is 12.1 Å². The lowest BCUT2D eigenvalue weighted by Crippen LogP contribution is -2.38. The highest BCUT2D eigenvalue weighted by Crippen LogP contribution is 2.17. The van der Waals surface area contributed by atoms with Gasteiger partial charge in [0, 0.05) is 31.7 Å². The second kappa shape index (κ2) is 8.42. The van der Waals surface area contributed by atoms with E-state index in [0.29, 0.717) is 6.54 Å². The number of anilines is 1. The Labute approximate surface area is 126 Å². The molecule has 0 aliphatic rings. The van der Waals surface area contributed by atoms with Gasteiger partial charge in [0.25, 0.3) is 0 Å². The molecule has 0 spiro atoms. The Morgan fingerprint density at radius 3 is 2.48 bits per heavy atom. The van der Waals surface area contributed by atoms with Crippen LogP contribution in [0.15, 0.2) is 24.3 Å². The van der Waals surface area contributed by atoms with Gasteiger partial charge in [-0.05, 0) is 38.5 Å². The first-order chi connectivity index (χ1) is 9.97. The van der Waals surface area contributed by atoms with Crippen molar-refractivity contribution in [2.45, 2.75) is 33.7 Å². The maximum atomic E-state index is 12.0. The van der Waals surface area contributed by atoms with Gasteiger partial charge in [0.15, 0.2) is 0 Å². The van der Waals surface area contributed by atoms with E-state index in [9.17, 15) is 9.59 Å². The molecule has 1 aromatic carbocycles. The Morgan fingerprint density at radius 1 is 1.24 bits per heavy atom. The van der Waals surface area contributed by atoms with Crippen LogP contribution < -0.4 is 10.6 Å². The Bertz CT molecular complexity index is 484. The summed E-state index contributed by atoms with van der Waals surface area (Å²) in [6, 6.07) is 7.67. The third kappa shape index (κ3) is 5.55. The Balaban J connectivity index is 2.61. The number of nitrogens with one attached hydrogen (secondary N) is 2. The van der Waals surface area contributed by atoms with Crippen molar-refractivity contribution >= 4 is 17.5 Å². The van der Waals surface area contributed by atoms with E-state index in [1.54, 1.807) is 4.90 Å². The summed E-state index contributed by atoms with van der Waals surface area (Å²) in [5.41, 5.74) is 1.80. The van der Waals surface area contributed by atoms with E-state index >= 15 is 0 Å². The molecule has 5 heteroatoms. The molecule has 2 amide bonds. The molecule has 2 N–H and O–H groups in total. The molecule has 0 saturated heterocycles. The van der Waals surface area contributed by atoms with E-state index in [0.717, 1.165) is 24.3 Å². The predicted octanol–water partition coefficient (Wildman–Crippen LogP) is 2.16. The fourth-order valence-corrected chi connectivity index (χ4v) is 2.14. The van der Waals surface area contributed by atoms with E-state index in [4.69, 9.17) is 0 Å². The highest BCUT2D eigenvalue weighted by atomic mass is 16.2. The smallest absolute Gasteiger partial charge is 0.236 e. The molecule has 0 aliphatic heterocycles. The highest BCUT2D eigenvalue weighted by Gasteiger charge is 2.12. The van der Waals surface area contributed by atoms with Crippen molar-refractivity contribution in [3.63, 3.8) is 0 Å². The first-order valence-electron chi connectivity index (χ1n) is 7.36. The number of hydrogen-bond acceptors (Lipinski definition) is 3. The van der Waals surface area contributed by atoms with Gasteiger partial charge >= 0.3 is 0 Å². The maximum absolute atomic E-state index is 12.0. The number of nitrogens with zero attached hydrogens (tertiary/aromatic N) is 1. The largest absolute Gasteiger partial charge is 0.342 e. The molecule has 0 fully saturated rings. The molecule has 116 valence electrons. The molecule has 1 aromatic rings. The van der Waals surface area contributed by atoms with Gasteiger partial charge in [-0.3, -0.25) is 9.59 Å². The summed E-state index contributed by atoms with van der Waals surface area (Å²) in [6.07, 6.45) is 0. The summed E-state index contributed by atoms with van der Waals surface area (Å²) in [7, 11) is 0. The average Bonchev–Trinajstić information content (AvgIpc) is 2.45. The van der Waals surface area contributed by atoms with E-state index in [1.807, 2.05) is 45.0 Å². The van der Waals surface area contributed by atoms with Crippen LogP contribution in [0.3, 0.4) is 0 Å². The number of amides is 2. The molecular weight excluding hydrogens is 266 g/mol. The van der Waals surface area contributed by atoms with Crippen molar-refractivity contribution in [2.75, 3.05) is 25.0 Å². The topological polar surface area (TPSA) is 61.4 Å². The Hall–Kier alpha value is -1.88. The minimum absolute atomic E-state index is 0.0400. The van der Waals surface area contributed by atoms with Crippen LogP contribution in [-0.2, 0) is 9.59 Å². The van der Waals surface area contributed by atoms with Crippen LogP contribution in [0.4, 0.5) is 5.69 Å². The van der Waals surface area contributed by atoms with Crippen molar-refractivity contribution in [2.24, 2.45) is 0 Å². The van der Waals surface area contributed by atoms with Crippen LogP contribution in [0, 0.1) is 0 Å². The van der Waals surface area contributed by atoms with Crippen molar-refractivity contribution in [1.82, 2.24) is 10.2 Å². The lowest BCUT2D eigenvalue weighted by atomic mass is 10.1. The van der Waals surface area contributed by atoms with Crippen LogP contribution in [0.2, 0.25) is 0 Å². The van der Waals surface area contributed by atoms with Crippen molar-refractivity contribution < 1.29 is 9.59 Å². The molecule has 0 heterocycles. The van der Waals surface area contributed by atoms with Gasteiger partial charge in [-0.2, -0.15) is 0 Å². The fraction of sp³-hybridized carbons (Fsp3) is 0.500. The van der Waals surface area contributed by atoms with E-state index < -0.39 is 0 Å². The normalized spacial score (nSPS) is 11.8. The molecule has 0 aromatic heterocycles. The van der Waals surface area contributed by atoms with Crippen LogP contribution >= 0.6 is 0 Å². The number of carbonyl (C=O) groups is 2. The molecule has 0 saturated carbocycles. The molecule has 5 nitrogen and oxygen atoms in total. The SMILES string of the molecule is CCN(CC)C(=O)CNC(C)c1cccc(NC(C)=O)c1. The molecular formula is C16H25N3O2. The second-order valence-corrected chi connectivity index (χ2v) is 4.98. The third-order valence-corrected chi connectivity index (χ3v) is 3.38. The van der Waals surface area contributed by atoms with Crippen LogP contribution in [-0.4, -0.2) is 36.3 Å². The Kier molecular flexibility index (Phi) is 6.88. The fourth-order valence-electron chi connectivity index (χ4n) is 2.14. The van der Waals surface area contributed by atoms with Crippen LogP contribution in [0.1, 0.15) is 39.3 Å². The lowest BCUT2D eigenvalue weighted by Gasteiger charge is -2.21. The van der Waals surface area contributed by atoms with Gasteiger partial charge in [0.2, 0.25) is 11.8 Å². The molecule has 21 heavy (non-hydrogen) atoms. The van der Waals surface area contributed by atoms with Gasteiger partial charge in [0.05, 0.1) is 6.54 Å². The first-order valence-corrected chi connectivity index (χ1v) is 7.36. The predicted molar refractivity (Wildman–Crippen MR) is 85.1 cm³/mol. The molecule has 1 unspecified atom stereocenters. The minimum Gasteiger partial charge on any atom is -0.342 e. The molecule has 0 aliphatic carbocycles. The van der Waals surface area contributed by atoms with Gasteiger partial charge in [-0.15, -0.1) is 0 Å². The van der Waals surface area contributed by atoms with Crippen molar-refractivity contribution in [3.8, 4) is 0 Å². The number of hydrogen-bond donors (Lipinski definition) is 2. The summed E-state index contributed by atoms with van der Waals surface area (Å²) < 4.78 is 0. The molecule has 1 atom stereocenters. The number of benzene rings is 1. The molecule has 1 rings (SSSR count). The summed E-state index contributed by atoms with van der Waals surface area (Å²) in [4.78, 5) is 24.8. The lowest BCUT2D eigenvalue weighted by molar-refractivity contribution is -0.130.